The standard InChI is InChI=1S/C9H7ClN2O2/c1-11-8(13)7-4-5-6(10)2-3-12-9(5)14-7/h2-4H,1H3,(H,11,13). The molecule has 0 bridgehead atoms. The summed E-state index contributed by atoms with van der Waals surface area (Å²) >= 11 is 5.89. The fourth-order valence-electron chi connectivity index (χ4n) is 1.14. The van der Waals surface area contributed by atoms with Crippen molar-refractivity contribution in [2.24, 2.45) is 0 Å². The van der Waals surface area contributed by atoms with E-state index in [9.17, 15) is 4.79 Å². The number of rotatable bonds is 1. The summed E-state index contributed by atoms with van der Waals surface area (Å²) in [6, 6.07) is 3.22. The molecule has 0 aliphatic heterocycles. The summed E-state index contributed by atoms with van der Waals surface area (Å²) < 4.78 is 5.19. The Morgan fingerprint density at radius 2 is 2.43 bits per heavy atom. The lowest BCUT2D eigenvalue weighted by Gasteiger charge is -1.90. The van der Waals surface area contributed by atoms with Gasteiger partial charge in [-0.1, -0.05) is 11.6 Å². The fourth-order valence-corrected chi connectivity index (χ4v) is 1.34. The Morgan fingerprint density at radius 3 is 3.07 bits per heavy atom. The van der Waals surface area contributed by atoms with E-state index in [0.717, 1.165) is 0 Å². The molecule has 2 aromatic heterocycles. The van der Waals surface area contributed by atoms with E-state index in [1.54, 1.807) is 12.1 Å². The van der Waals surface area contributed by atoms with Crippen LogP contribution in [0.25, 0.3) is 11.1 Å². The number of amides is 1. The molecule has 0 spiro atoms. The molecule has 0 fully saturated rings. The second-order valence-electron chi connectivity index (χ2n) is 2.70. The predicted molar refractivity (Wildman–Crippen MR) is 52.4 cm³/mol. The number of hydrogen-bond donors (Lipinski definition) is 1. The smallest absolute Gasteiger partial charge is 0.286 e. The largest absolute Gasteiger partial charge is 0.433 e. The summed E-state index contributed by atoms with van der Waals surface area (Å²) in [5.74, 6) is -0.0813. The number of fused-ring (bicyclic) bond motifs is 1. The molecule has 1 amide bonds. The van der Waals surface area contributed by atoms with Gasteiger partial charge in [0.25, 0.3) is 5.91 Å². The lowest BCUT2D eigenvalue weighted by Crippen LogP contribution is -2.16. The van der Waals surface area contributed by atoms with Gasteiger partial charge in [0.05, 0.1) is 10.4 Å². The summed E-state index contributed by atoms with van der Waals surface area (Å²) in [7, 11) is 1.53. The number of nitrogens with one attached hydrogen (secondary N) is 1. The molecule has 14 heavy (non-hydrogen) atoms. The molecule has 2 rings (SSSR count). The molecule has 0 saturated carbocycles. The molecule has 0 atom stereocenters. The van der Waals surface area contributed by atoms with Crippen LogP contribution in [0.2, 0.25) is 5.02 Å². The van der Waals surface area contributed by atoms with Crippen LogP contribution in [0, 0.1) is 0 Å². The zero-order chi connectivity index (χ0) is 10.1. The highest BCUT2D eigenvalue weighted by Gasteiger charge is 2.12. The topological polar surface area (TPSA) is 55.1 Å². The Hall–Kier alpha value is -1.55. The highest BCUT2D eigenvalue weighted by molar-refractivity contribution is 6.35. The minimum atomic E-state index is -0.293. The summed E-state index contributed by atoms with van der Waals surface area (Å²) in [6.07, 6.45) is 1.53. The highest BCUT2D eigenvalue weighted by atomic mass is 35.5. The molecule has 4 nitrogen and oxygen atoms in total. The van der Waals surface area contributed by atoms with E-state index in [1.807, 2.05) is 0 Å². The van der Waals surface area contributed by atoms with E-state index in [2.05, 4.69) is 10.3 Å². The monoisotopic (exact) mass is 210 g/mol. The van der Waals surface area contributed by atoms with Crippen molar-refractivity contribution in [3.05, 3.63) is 29.1 Å². The van der Waals surface area contributed by atoms with Gasteiger partial charge in [-0.05, 0) is 6.07 Å². The Balaban J connectivity index is 2.62. The van der Waals surface area contributed by atoms with Gasteiger partial charge in [-0.25, -0.2) is 4.98 Å². The molecule has 0 saturated heterocycles. The zero-order valence-electron chi connectivity index (χ0n) is 7.37. The van der Waals surface area contributed by atoms with Gasteiger partial charge in [0.2, 0.25) is 5.71 Å². The van der Waals surface area contributed by atoms with E-state index >= 15 is 0 Å². The number of aromatic nitrogens is 1. The summed E-state index contributed by atoms with van der Waals surface area (Å²) in [4.78, 5) is 15.2. The Kier molecular flexibility index (Phi) is 2.13. The third-order valence-electron chi connectivity index (χ3n) is 1.83. The van der Waals surface area contributed by atoms with E-state index in [1.165, 1.54) is 13.2 Å². The SMILES string of the molecule is CNC(=O)c1cc2c(Cl)ccnc2o1. The molecular formula is C9H7ClN2O2. The quantitative estimate of drug-likeness (QED) is 0.782. The molecule has 0 aliphatic carbocycles. The minimum Gasteiger partial charge on any atom is -0.433 e. The first kappa shape index (κ1) is 9.02. The lowest BCUT2D eigenvalue weighted by molar-refractivity contribution is 0.0937. The Labute approximate surface area is 84.9 Å². The van der Waals surface area contributed by atoms with Gasteiger partial charge in [-0.2, -0.15) is 0 Å². The van der Waals surface area contributed by atoms with E-state index in [0.29, 0.717) is 16.1 Å². The van der Waals surface area contributed by atoms with Crippen molar-refractivity contribution in [2.45, 2.75) is 0 Å². The molecule has 2 heterocycles. The number of furan rings is 1. The van der Waals surface area contributed by atoms with Crippen LogP contribution >= 0.6 is 11.6 Å². The summed E-state index contributed by atoms with van der Waals surface area (Å²) in [5.41, 5.74) is 0.371. The van der Waals surface area contributed by atoms with Crippen molar-refractivity contribution in [3.8, 4) is 0 Å². The summed E-state index contributed by atoms with van der Waals surface area (Å²) in [5, 5.41) is 3.63. The van der Waals surface area contributed by atoms with Crippen molar-refractivity contribution in [3.63, 3.8) is 0 Å². The van der Waals surface area contributed by atoms with Gasteiger partial charge in [-0.3, -0.25) is 4.79 Å². The van der Waals surface area contributed by atoms with Gasteiger partial charge >= 0.3 is 0 Å². The van der Waals surface area contributed by atoms with Crippen LogP contribution in [-0.4, -0.2) is 17.9 Å². The second-order valence-corrected chi connectivity index (χ2v) is 3.11. The average molecular weight is 211 g/mol. The lowest BCUT2D eigenvalue weighted by atomic mass is 10.3. The van der Waals surface area contributed by atoms with Gasteiger partial charge < -0.3 is 9.73 Å². The molecule has 0 radical (unpaired) electrons. The van der Waals surface area contributed by atoms with Crippen molar-refractivity contribution in [2.75, 3.05) is 7.05 Å². The van der Waals surface area contributed by atoms with Crippen molar-refractivity contribution < 1.29 is 9.21 Å². The molecule has 0 aromatic carbocycles. The van der Waals surface area contributed by atoms with E-state index in [4.69, 9.17) is 16.0 Å². The Bertz CT molecular complexity index is 493. The number of nitrogens with zero attached hydrogens (tertiary/aromatic N) is 1. The van der Waals surface area contributed by atoms with Crippen LogP contribution < -0.4 is 5.32 Å². The number of carbonyl (C=O) groups excluding carboxylic acids is 1. The summed E-state index contributed by atoms with van der Waals surface area (Å²) in [6.45, 7) is 0. The first-order valence-electron chi connectivity index (χ1n) is 3.98. The average Bonchev–Trinajstić information content (AvgIpc) is 2.62. The van der Waals surface area contributed by atoms with Crippen LogP contribution in [0.3, 0.4) is 0 Å². The van der Waals surface area contributed by atoms with Crippen molar-refractivity contribution >= 4 is 28.6 Å². The van der Waals surface area contributed by atoms with Crippen molar-refractivity contribution in [1.82, 2.24) is 10.3 Å². The third kappa shape index (κ3) is 1.33. The first-order chi connectivity index (χ1) is 6.72. The van der Waals surface area contributed by atoms with Gasteiger partial charge in [0.15, 0.2) is 5.76 Å². The molecule has 72 valence electrons. The van der Waals surface area contributed by atoms with Gasteiger partial charge in [0.1, 0.15) is 0 Å². The first-order valence-corrected chi connectivity index (χ1v) is 4.36. The maximum absolute atomic E-state index is 11.2. The number of pyridine rings is 1. The molecule has 5 heteroatoms. The molecule has 1 N–H and O–H groups in total. The second kappa shape index (κ2) is 3.31. The Morgan fingerprint density at radius 1 is 1.64 bits per heavy atom. The van der Waals surface area contributed by atoms with Crippen LogP contribution in [-0.2, 0) is 0 Å². The number of halogens is 1. The van der Waals surface area contributed by atoms with Crippen molar-refractivity contribution in [1.29, 1.82) is 0 Å². The zero-order valence-corrected chi connectivity index (χ0v) is 8.13. The van der Waals surface area contributed by atoms with Gasteiger partial charge in [-0.15, -0.1) is 0 Å². The normalized spacial score (nSPS) is 10.4. The third-order valence-corrected chi connectivity index (χ3v) is 2.16. The van der Waals surface area contributed by atoms with Crippen LogP contribution in [0.5, 0.6) is 0 Å². The molecule has 0 aliphatic rings. The minimum absolute atomic E-state index is 0.211. The van der Waals surface area contributed by atoms with E-state index in [-0.39, 0.29) is 11.7 Å². The molecule has 0 unspecified atom stereocenters. The highest BCUT2D eigenvalue weighted by Crippen LogP contribution is 2.24. The predicted octanol–water partition coefficient (Wildman–Crippen LogP) is 1.84. The van der Waals surface area contributed by atoms with Gasteiger partial charge in [0, 0.05) is 19.3 Å². The van der Waals surface area contributed by atoms with Crippen LogP contribution in [0.15, 0.2) is 22.7 Å². The number of hydrogen-bond acceptors (Lipinski definition) is 3. The van der Waals surface area contributed by atoms with E-state index < -0.39 is 0 Å². The maximum Gasteiger partial charge on any atom is 0.286 e. The van der Waals surface area contributed by atoms with Crippen LogP contribution in [0.4, 0.5) is 0 Å². The molecular weight excluding hydrogens is 204 g/mol. The maximum atomic E-state index is 11.2. The fraction of sp³-hybridized carbons (Fsp3) is 0.111. The number of carbonyl (C=O) groups is 1. The van der Waals surface area contributed by atoms with Crippen LogP contribution in [0.1, 0.15) is 10.6 Å². The molecule has 2 aromatic rings.